The van der Waals surface area contributed by atoms with Gasteiger partial charge in [-0.25, -0.2) is 4.39 Å². The van der Waals surface area contributed by atoms with E-state index in [2.05, 4.69) is 5.32 Å². The summed E-state index contributed by atoms with van der Waals surface area (Å²) in [6, 6.07) is 19.6. The van der Waals surface area contributed by atoms with Crippen LogP contribution in [0.5, 0.6) is 5.75 Å². The second-order valence-corrected chi connectivity index (χ2v) is 9.13. The zero-order chi connectivity index (χ0) is 27.2. The number of carbonyl (C=O) groups excluding carboxylic acids is 1. The Morgan fingerprint density at radius 1 is 1.03 bits per heavy atom. The smallest absolute Gasteiger partial charge is 0.303 e. The predicted molar refractivity (Wildman–Crippen MR) is 144 cm³/mol. The average Bonchev–Trinajstić information content (AvgIpc) is 2.91. The molecule has 38 heavy (non-hydrogen) atoms. The van der Waals surface area contributed by atoms with Gasteiger partial charge in [0.25, 0.3) is 11.5 Å². The molecule has 4 rings (SSSR count). The third kappa shape index (κ3) is 6.08. The van der Waals surface area contributed by atoms with Crippen molar-refractivity contribution in [3.63, 3.8) is 0 Å². The number of methoxy groups -OCH3 is 1. The highest BCUT2D eigenvalue weighted by atomic mass is 19.1. The Hall–Kier alpha value is -4.46. The molecule has 1 aromatic heterocycles. The lowest BCUT2D eigenvalue weighted by molar-refractivity contribution is -0.137. The van der Waals surface area contributed by atoms with E-state index >= 15 is 0 Å². The Bertz CT molecular complexity index is 1530. The Labute approximate surface area is 219 Å². The summed E-state index contributed by atoms with van der Waals surface area (Å²) in [5.74, 6) is -0.920. The van der Waals surface area contributed by atoms with E-state index in [-0.39, 0.29) is 29.7 Å². The number of hydrogen-bond donors (Lipinski definition) is 2. The molecule has 0 unspecified atom stereocenters. The van der Waals surface area contributed by atoms with Gasteiger partial charge in [0.1, 0.15) is 11.6 Å². The molecular formula is C30H29FN2O5. The van der Waals surface area contributed by atoms with Crippen molar-refractivity contribution in [2.45, 2.75) is 38.6 Å². The zero-order valence-corrected chi connectivity index (χ0v) is 21.2. The Kier molecular flexibility index (Phi) is 8.21. The fourth-order valence-corrected chi connectivity index (χ4v) is 4.43. The summed E-state index contributed by atoms with van der Waals surface area (Å²) in [5.41, 5.74) is 2.26. The molecule has 0 saturated carbocycles. The van der Waals surface area contributed by atoms with E-state index < -0.39 is 5.97 Å². The minimum Gasteiger partial charge on any atom is -0.497 e. The molecule has 1 atom stereocenters. The highest BCUT2D eigenvalue weighted by molar-refractivity contribution is 5.98. The van der Waals surface area contributed by atoms with Crippen molar-refractivity contribution < 1.29 is 23.8 Å². The molecule has 1 amide bonds. The van der Waals surface area contributed by atoms with Crippen LogP contribution < -0.4 is 15.6 Å². The minimum absolute atomic E-state index is 0.0491. The molecule has 0 radical (unpaired) electrons. The van der Waals surface area contributed by atoms with Crippen LogP contribution in [0, 0.1) is 5.82 Å². The number of nitrogens with zero attached hydrogens (tertiary/aromatic N) is 1. The number of carboxylic acids is 1. The van der Waals surface area contributed by atoms with Gasteiger partial charge in [0.2, 0.25) is 0 Å². The van der Waals surface area contributed by atoms with Gasteiger partial charge in [-0.2, -0.15) is 0 Å². The van der Waals surface area contributed by atoms with E-state index in [1.807, 2.05) is 19.1 Å². The van der Waals surface area contributed by atoms with Gasteiger partial charge in [0.05, 0.1) is 18.8 Å². The number of unbranched alkanes of at least 4 members (excludes halogenated alkanes) is 1. The fraction of sp³-hybridized carbons (Fsp3) is 0.233. The summed E-state index contributed by atoms with van der Waals surface area (Å²) in [6.45, 7) is 1.81. The lowest BCUT2D eigenvalue weighted by Gasteiger charge is -2.17. The van der Waals surface area contributed by atoms with Crippen molar-refractivity contribution in [1.29, 1.82) is 0 Å². The maximum Gasteiger partial charge on any atom is 0.303 e. The number of hydrogen-bond acceptors (Lipinski definition) is 4. The van der Waals surface area contributed by atoms with Crippen molar-refractivity contribution in [3.8, 4) is 11.4 Å². The zero-order valence-electron chi connectivity index (χ0n) is 21.2. The summed E-state index contributed by atoms with van der Waals surface area (Å²) < 4.78 is 20.2. The summed E-state index contributed by atoms with van der Waals surface area (Å²) in [7, 11) is 1.55. The van der Waals surface area contributed by atoms with Crippen LogP contribution in [-0.4, -0.2) is 28.7 Å². The molecule has 1 heterocycles. The standard InChI is InChI=1S/C30H29FN2O5/c1-19(20-10-13-23(31)14-11-20)32-29(36)21-12-15-27-22(16-21)17-24(6-3-4-9-28(34)35)33(30(27)37)25-7-5-8-26(18-25)38-2/h5,7-8,10-19H,3-4,6,9H2,1-2H3,(H,32,36)(H,34,35)/t19-/m1/s1. The number of halogens is 1. The Balaban J connectivity index is 1.70. The van der Waals surface area contributed by atoms with Gasteiger partial charge in [-0.3, -0.25) is 19.0 Å². The van der Waals surface area contributed by atoms with E-state index in [9.17, 15) is 18.8 Å². The molecule has 0 fully saturated rings. The van der Waals surface area contributed by atoms with Crippen LogP contribution in [-0.2, 0) is 11.2 Å². The number of rotatable bonds is 10. The Morgan fingerprint density at radius 3 is 2.50 bits per heavy atom. The van der Waals surface area contributed by atoms with Gasteiger partial charge in [-0.1, -0.05) is 18.2 Å². The molecule has 0 aliphatic rings. The van der Waals surface area contributed by atoms with Crippen molar-refractivity contribution in [2.24, 2.45) is 0 Å². The van der Waals surface area contributed by atoms with Gasteiger partial charge < -0.3 is 15.2 Å². The lowest BCUT2D eigenvalue weighted by atomic mass is 10.0. The molecule has 4 aromatic rings. The molecule has 2 N–H and O–H groups in total. The Morgan fingerprint density at radius 2 is 1.79 bits per heavy atom. The van der Waals surface area contributed by atoms with E-state index in [4.69, 9.17) is 9.84 Å². The number of ether oxygens (including phenoxy) is 1. The van der Waals surface area contributed by atoms with Crippen molar-refractivity contribution in [2.75, 3.05) is 7.11 Å². The quantitative estimate of drug-likeness (QED) is 0.274. The topological polar surface area (TPSA) is 97.6 Å². The number of fused-ring (bicyclic) bond motifs is 1. The molecule has 0 aliphatic heterocycles. The molecule has 3 aromatic carbocycles. The third-order valence-electron chi connectivity index (χ3n) is 6.46. The third-order valence-corrected chi connectivity index (χ3v) is 6.46. The number of amides is 1. The average molecular weight is 517 g/mol. The number of aromatic nitrogens is 1. The van der Waals surface area contributed by atoms with Gasteiger partial charge in [-0.15, -0.1) is 0 Å². The predicted octanol–water partition coefficient (Wildman–Crippen LogP) is 5.43. The van der Waals surface area contributed by atoms with Crippen LogP contribution in [0.2, 0.25) is 0 Å². The van der Waals surface area contributed by atoms with Gasteiger partial charge in [0, 0.05) is 29.1 Å². The van der Waals surface area contributed by atoms with Gasteiger partial charge in [0.15, 0.2) is 0 Å². The molecule has 0 saturated heterocycles. The lowest BCUT2D eigenvalue weighted by Crippen LogP contribution is -2.27. The number of nitrogens with one attached hydrogen (secondary N) is 1. The fourth-order valence-electron chi connectivity index (χ4n) is 4.43. The number of aryl methyl sites for hydroxylation is 1. The summed E-state index contributed by atoms with van der Waals surface area (Å²) in [6.07, 6.45) is 1.58. The van der Waals surface area contributed by atoms with Gasteiger partial charge >= 0.3 is 5.97 Å². The SMILES string of the molecule is COc1cccc(-n2c(CCCCC(=O)O)cc3cc(C(=O)N[C@H](C)c4ccc(F)cc4)ccc3c2=O)c1. The summed E-state index contributed by atoms with van der Waals surface area (Å²) in [4.78, 5) is 37.6. The second-order valence-electron chi connectivity index (χ2n) is 9.13. The monoisotopic (exact) mass is 516 g/mol. The highest BCUT2D eigenvalue weighted by Crippen LogP contribution is 2.23. The number of carboxylic acid groups (broad SMARTS) is 1. The molecular weight excluding hydrogens is 487 g/mol. The summed E-state index contributed by atoms with van der Waals surface area (Å²) >= 11 is 0. The second kappa shape index (κ2) is 11.7. The molecule has 7 nitrogen and oxygen atoms in total. The number of carbonyl (C=O) groups is 2. The first kappa shape index (κ1) is 26.6. The van der Waals surface area contributed by atoms with E-state index in [1.165, 1.54) is 12.1 Å². The van der Waals surface area contributed by atoms with Gasteiger partial charge in [-0.05, 0) is 85.7 Å². The van der Waals surface area contributed by atoms with Crippen LogP contribution in [0.25, 0.3) is 16.5 Å². The van der Waals surface area contributed by atoms with Crippen LogP contribution >= 0.6 is 0 Å². The molecule has 0 spiro atoms. The normalized spacial score (nSPS) is 11.8. The maximum atomic E-state index is 13.7. The van der Waals surface area contributed by atoms with Crippen molar-refractivity contribution in [1.82, 2.24) is 9.88 Å². The first-order valence-electron chi connectivity index (χ1n) is 12.4. The molecule has 0 aliphatic carbocycles. The van der Waals surface area contributed by atoms with Crippen LogP contribution in [0.3, 0.4) is 0 Å². The molecule has 8 heteroatoms. The van der Waals surface area contributed by atoms with Crippen LogP contribution in [0.4, 0.5) is 4.39 Å². The van der Waals surface area contributed by atoms with Crippen molar-refractivity contribution in [3.05, 3.63) is 106 Å². The van der Waals surface area contributed by atoms with E-state index in [0.29, 0.717) is 52.7 Å². The first-order chi connectivity index (χ1) is 18.3. The largest absolute Gasteiger partial charge is 0.497 e. The number of benzene rings is 3. The highest BCUT2D eigenvalue weighted by Gasteiger charge is 2.16. The summed E-state index contributed by atoms with van der Waals surface area (Å²) in [5, 5.41) is 13.0. The first-order valence-corrected chi connectivity index (χ1v) is 12.4. The van der Waals surface area contributed by atoms with E-state index in [0.717, 1.165) is 5.56 Å². The minimum atomic E-state index is -0.862. The maximum absolute atomic E-state index is 13.7. The van der Waals surface area contributed by atoms with Crippen LogP contribution in [0.1, 0.15) is 53.8 Å². The van der Waals surface area contributed by atoms with Crippen LogP contribution in [0.15, 0.2) is 77.6 Å². The number of aliphatic carboxylic acids is 1. The van der Waals surface area contributed by atoms with Crippen molar-refractivity contribution >= 4 is 22.6 Å². The van der Waals surface area contributed by atoms with E-state index in [1.54, 1.807) is 60.2 Å². The number of pyridine rings is 1. The molecule has 196 valence electrons. The molecule has 0 bridgehead atoms.